The maximum Gasteiger partial charge on any atom is 0.0494 e. The number of benzene rings is 2. The minimum atomic E-state index is 0.846. The number of thiophene rings is 1. The van der Waals surface area contributed by atoms with Crippen molar-refractivity contribution in [2.24, 2.45) is 0 Å². The van der Waals surface area contributed by atoms with E-state index in [-0.39, 0.29) is 0 Å². The van der Waals surface area contributed by atoms with Crippen LogP contribution in [0.3, 0.4) is 0 Å². The lowest BCUT2D eigenvalue weighted by Crippen LogP contribution is -1.98. The van der Waals surface area contributed by atoms with E-state index in [2.05, 4.69) is 82.1 Å². The second-order valence-corrected chi connectivity index (χ2v) is 6.85. The molecule has 0 aliphatic heterocycles. The van der Waals surface area contributed by atoms with Crippen LogP contribution in [0.4, 0.5) is 5.69 Å². The Hall–Kier alpha value is -1.58. The van der Waals surface area contributed by atoms with Crippen LogP contribution >= 0.6 is 27.3 Å². The van der Waals surface area contributed by atoms with Gasteiger partial charge < -0.3 is 5.32 Å². The van der Waals surface area contributed by atoms with E-state index < -0.39 is 0 Å². The fourth-order valence-electron chi connectivity index (χ4n) is 2.20. The van der Waals surface area contributed by atoms with E-state index in [0.29, 0.717) is 0 Å². The minimum absolute atomic E-state index is 0.846. The van der Waals surface area contributed by atoms with Crippen LogP contribution in [0.5, 0.6) is 0 Å². The Morgan fingerprint density at radius 3 is 2.57 bits per heavy atom. The van der Waals surface area contributed by atoms with Gasteiger partial charge in [-0.2, -0.15) is 0 Å². The van der Waals surface area contributed by atoms with Gasteiger partial charge in [0.15, 0.2) is 0 Å². The van der Waals surface area contributed by atoms with E-state index >= 15 is 0 Å². The predicted molar refractivity (Wildman–Crippen MR) is 96.0 cm³/mol. The molecular weight excluding hydrogens is 342 g/mol. The van der Waals surface area contributed by atoms with Crippen molar-refractivity contribution in [3.05, 3.63) is 74.9 Å². The Morgan fingerprint density at radius 1 is 1.00 bits per heavy atom. The zero-order valence-corrected chi connectivity index (χ0v) is 14.2. The fourth-order valence-corrected chi connectivity index (χ4v) is 3.67. The highest BCUT2D eigenvalue weighted by Crippen LogP contribution is 2.28. The average molecular weight is 358 g/mol. The smallest absolute Gasteiger partial charge is 0.0494 e. The van der Waals surface area contributed by atoms with Gasteiger partial charge in [0.25, 0.3) is 0 Å². The summed E-state index contributed by atoms with van der Waals surface area (Å²) in [6, 6.07) is 19.1. The maximum atomic E-state index is 3.60. The molecule has 0 spiro atoms. The van der Waals surface area contributed by atoms with E-state index in [9.17, 15) is 0 Å². The summed E-state index contributed by atoms with van der Waals surface area (Å²) in [6.07, 6.45) is 0. The number of nitrogens with one attached hydrogen (secondary N) is 1. The molecule has 1 aromatic heterocycles. The van der Waals surface area contributed by atoms with Gasteiger partial charge in [-0.25, -0.2) is 0 Å². The van der Waals surface area contributed by atoms with Crippen molar-refractivity contribution in [1.82, 2.24) is 0 Å². The Balaban J connectivity index is 1.70. The van der Waals surface area contributed by atoms with E-state index in [0.717, 1.165) is 16.7 Å². The van der Waals surface area contributed by atoms with Crippen molar-refractivity contribution in [1.29, 1.82) is 0 Å². The van der Waals surface area contributed by atoms with Gasteiger partial charge in [-0.15, -0.1) is 11.3 Å². The summed E-state index contributed by atoms with van der Waals surface area (Å²) < 4.78 is 1.11. The van der Waals surface area contributed by atoms with Crippen molar-refractivity contribution in [3.63, 3.8) is 0 Å². The Morgan fingerprint density at radius 2 is 1.81 bits per heavy atom. The quantitative estimate of drug-likeness (QED) is 0.594. The molecule has 1 N–H and O–H groups in total. The van der Waals surface area contributed by atoms with E-state index in [1.54, 1.807) is 11.3 Å². The SMILES string of the molecule is Cc1ccc(NCc2cc(-c3ccccc3)cs2)c(Br)c1. The normalized spacial score (nSPS) is 10.6. The highest BCUT2D eigenvalue weighted by atomic mass is 79.9. The lowest BCUT2D eigenvalue weighted by atomic mass is 10.1. The molecule has 1 nitrogen and oxygen atoms in total. The third-order valence-electron chi connectivity index (χ3n) is 3.34. The second-order valence-electron chi connectivity index (χ2n) is 5.00. The number of rotatable bonds is 4. The van der Waals surface area contributed by atoms with Crippen molar-refractivity contribution < 1.29 is 0 Å². The maximum absolute atomic E-state index is 3.60. The van der Waals surface area contributed by atoms with Crippen LogP contribution in [0.1, 0.15) is 10.4 Å². The molecule has 3 aromatic rings. The highest BCUT2D eigenvalue weighted by Gasteiger charge is 2.04. The van der Waals surface area contributed by atoms with Crippen LogP contribution < -0.4 is 5.32 Å². The van der Waals surface area contributed by atoms with Gasteiger partial charge in [-0.3, -0.25) is 0 Å². The third kappa shape index (κ3) is 3.55. The molecule has 3 heteroatoms. The molecule has 106 valence electrons. The van der Waals surface area contributed by atoms with Crippen LogP contribution in [0, 0.1) is 6.92 Å². The molecule has 0 bridgehead atoms. The van der Waals surface area contributed by atoms with Crippen molar-refractivity contribution in [2.45, 2.75) is 13.5 Å². The molecule has 0 aliphatic carbocycles. The highest BCUT2D eigenvalue weighted by molar-refractivity contribution is 9.10. The molecule has 3 rings (SSSR count). The molecule has 2 aromatic carbocycles. The van der Waals surface area contributed by atoms with Crippen LogP contribution in [0.2, 0.25) is 0 Å². The number of anilines is 1. The summed E-state index contributed by atoms with van der Waals surface area (Å²) in [5, 5.41) is 5.70. The molecule has 0 fully saturated rings. The van der Waals surface area contributed by atoms with Gasteiger partial charge in [0.05, 0.1) is 0 Å². The lowest BCUT2D eigenvalue weighted by molar-refractivity contribution is 1.19. The standard InChI is InChI=1S/C18H16BrNS/c1-13-7-8-18(17(19)9-13)20-11-16-10-15(12-21-16)14-5-3-2-4-6-14/h2-10,12,20H,11H2,1H3. The molecule has 0 aliphatic rings. The first kappa shape index (κ1) is 14.4. The van der Waals surface area contributed by atoms with E-state index in [4.69, 9.17) is 0 Å². The predicted octanol–water partition coefficient (Wildman–Crippen LogP) is 6.10. The summed E-state index contributed by atoms with van der Waals surface area (Å²) in [4.78, 5) is 1.33. The monoisotopic (exact) mass is 357 g/mol. The van der Waals surface area contributed by atoms with Gasteiger partial charge in [-0.1, -0.05) is 36.4 Å². The topological polar surface area (TPSA) is 12.0 Å². The zero-order chi connectivity index (χ0) is 14.7. The number of hydrogen-bond donors (Lipinski definition) is 1. The van der Waals surface area contributed by atoms with Crippen LogP contribution in [-0.2, 0) is 6.54 Å². The molecule has 0 unspecified atom stereocenters. The van der Waals surface area contributed by atoms with Gasteiger partial charge in [0.2, 0.25) is 0 Å². The molecule has 0 saturated heterocycles. The van der Waals surface area contributed by atoms with Crippen molar-refractivity contribution >= 4 is 33.0 Å². The Kier molecular flexibility index (Phi) is 4.42. The molecule has 21 heavy (non-hydrogen) atoms. The van der Waals surface area contributed by atoms with E-state index in [1.165, 1.54) is 21.6 Å². The molecule has 0 atom stereocenters. The Bertz CT molecular complexity index is 734. The lowest BCUT2D eigenvalue weighted by Gasteiger charge is -2.08. The minimum Gasteiger partial charge on any atom is -0.379 e. The number of aryl methyl sites for hydroxylation is 1. The van der Waals surface area contributed by atoms with Crippen LogP contribution in [0.25, 0.3) is 11.1 Å². The second kappa shape index (κ2) is 6.46. The van der Waals surface area contributed by atoms with Gasteiger partial charge in [0.1, 0.15) is 0 Å². The Labute approximate surface area is 137 Å². The first-order valence-corrected chi connectivity index (χ1v) is 8.52. The van der Waals surface area contributed by atoms with Crippen LogP contribution in [-0.4, -0.2) is 0 Å². The third-order valence-corrected chi connectivity index (χ3v) is 4.93. The molecule has 1 heterocycles. The molecule has 0 radical (unpaired) electrons. The van der Waals surface area contributed by atoms with Crippen molar-refractivity contribution in [2.75, 3.05) is 5.32 Å². The number of halogens is 1. The molecule has 0 saturated carbocycles. The van der Waals surface area contributed by atoms with Gasteiger partial charge in [0, 0.05) is 21.6 Å². The van der Waals surface area contributed by atoms with E-state index in [1.807, 2.05) is 6.07 Å². The summed E-state index contributed by atoms with van der Waals surface area (Å²) in [5.41, 5.74) is 4.96. The summed E-state index contributed by atoms with van der Waals surface area (Å²) in [5.74, 6) is 0. The largest absolute Gasteiger partial charge is 0.379 e. The summed E-state index contributed by atoms with van der Waals surface area (Å²) in [6.45, 7) is 2.94. The fraction of sp³-hybridized carbons (Fsp3) is 0.111. The van der Waals surface area contributed by atoms with Gasteiger partial charge in [-0.05, 0) is 63.1 Å². The summed E-state index contributed by atoms with van der Waals surface area (Å²) in [7, 11) is 0. The first-order chi connectivity index (χ1) is 10.2. The molecule has 0 amide bonds. The number of hydrogen-bond acceptors (Lipinski definition) is 2. The zero-order valence-electron chi connectivity index (χ0n) is 11.8. The van der Waals surface area contributed by atoms with Crippen molar-refractivity contribution in [3.8, 4) is 11.1 Å². The summed E-state index contributed by atoms with van der Waals surface area (Å²) >= 11 is 5.40. The first-order valence-electron chi connectivity index (χ1n) is 6.85. The van der Waals surface area contributed by atoms with Crippen LogP contribution in [0.15, 0.2) is 64.5 Å². The molecular formula is C18H16BrNS. The average Bonchev–Trinajstić information content (AvgIpc) is 2.96. The van der Waals surface area contributed by atoms with Gasteiger partial charge >= 0.3 is 0 Å².